The summed E-state index contributed by atoms with van der Waals surface area (Å²) in [6, 6.07) is 4.68. The molecule has 0 saturated carbocycles. The zero-order valence-electron chi connectivity index (χ0n) is 6.24. The van der Waals surface area contributed by atoms with E-state index < -0.39 is 0 Å². The predicted molar refractivity (Wildman–Crippen MR) is 45.6 cm³/mol. The number of hydrogen-bond acceptors (Lipinski definition) is 2. The number of terminal acetylenes is 2. The van der Waals surface area contributed by atoms with Crippen molar-refractivity contribution in [3.63, 3.8) is 0 Å². The van der Waals surface area contributed by atoms with Gasteiger partial charge < -0.3 is 4.89 Å². The monoisotopic (exact) mass is 158 g/mol. The van der Waals surface area contributed by atoms with Gasteiger partial charge in [-0.3, -0.25) is 0 Å². The highest BCUT2D eigenvalue weighted by Gasteiger charge is 1.97. The van der Waals surface area contributed by atoms with Gasteiger partial charge in [0.2, 0.25) is 0 Å². The first-order valence-corrected chi connectivity index (χ1v) is 3.20. The van der Waals surface area contributed by atoms with E-state index in [1.54, 1.807) is 6.07 Å². The molecule has 1 N–H and O–H groups in total. The van der Waals surface area contributed by atoms with Gasteiger partial charge >= 0.3 is 0 Å². The molecule has 0 fully saturated rings. The first kappa shape index (κ1) is 8.20. The van der Waals surface area contributed by atoms with Crippen molar-refractivity contribution in [1.82, 2.24) is 0 Å². The second kappa shape index (κ2) is 3.48. The Morgan fingerprint density at radius 2 is 1.58 bits per heavy atom. The standard InChI is InChI=1S/C10H6O2/c1-3-8-5-9(4-2)7-10(6-8)12-11/h1-2,5-7,11H. The van der Waals surface area contributed by atoms with Gasteiger partial charge in [0.15, 0.2) is 5.75 Å². The van der Waals surface area contributed by atoms with Crippen LogP contribution in [0.25, 0.3) is 0 Å². The molecular formula is C10H6O2. The minimum atomic E-state index is 0.249. The third-order valence-corrected chi connectivity index (χ3v) is 1.35. The van der Waals surface area contributed by atoms with Crippen LogP contribution in [0.1, 0.15) is 11.1 Å². The normalized spacial score (nSPS) is 8.25. The molecule has 58 valence electrons. The van der Waals surface area contributed by atoms with E-state index in [9.17, 15) is 0 Å². The van der Waals surface area contributed by atoms with Gasteiger partial charge in [0.05, 0.1) is 0 Å². The molecule has 0 aliphatic rings. The Hall–Kier alpha value is -1.90. The Kier molecular flexibility index (Phi) is 2.38. The van der Waals surface area contributed by atoms with E-state index in [0.29, 0.717) is 11.1 Å². The average molecular weight is 158 g/mol. The molecule has 12 heavy (non-hydrogen) atoms. The Morgan fingerprint density at radius 1 is 1.08 bits per heavy atom. The van der Waals surface area contributed by atoms with Gasteiger partial charge in [-0.25, -0.2) is 5.26 Å². The van der Waals surface area contributed by atoms with E-state index in [-0.39, 0.29) is 5.75 Å². The van der Waals surface area contributed by atoms with Crippen LogP contribution in [0, 0.1) is 24.7 Å². The van der Waals surface area contributed by atoms with Crippen LogP contribution in [-0.2, 0) is 0 Å². The second-order valence-corrected chi connectivity index (χ2v) is 2.13. The Morgan fingerprint density at radius 3 is 1.92 bits per heavy atom. The molecule has 0 aromatic heterocycles. The molecule has 0 amide bonds. The van der Waals surface area contributed by atoms with Gasteiger partial charge in [0.1, 0.15) is 0 Å². The summed E-state index contributed by atoms with van der Waals surface area (Å²) in [5, 5.41) is 8.34. The molecule has 0 radical (unpaired) electrons. The first-order chi connectivity index (χ1) is 5.80. The lowest BCUT2D eigenvalue weighted by Gasteiger charge is -1.98. The summed E-state index contributed by atoms with van der Waals surface area (Å²) in [5.74, 6) is 5.03. The van der Waals surface area contributed by atoms with Crippen LogP contribution in [0.5, 0.6) is 5.75 Å². The maximum absolute atomic E-state index is 8.34. The Labute approximate surface area is 70.7 Å². The molecule has 0 bridgehead atoms. The largest absolute Gasteiger partial charge is 0.340 e. The van der Waals surface area contributed by atoms with Crippen LogP contribution >= 0.6 is 0 Å². The van der Waals surface area contributed by atoms with Crippen molar-refractivity contribution in [2.45, 2.75) is 0 Å². The molecule has 2 nitrogen and oxygen atoms in total. The number of benzene rings is 1. The van der Waals surface area contributed by atoms with Gasteiger partial charge in [0, 0.05) is 11.1 Å². The molecule has 0 heterocycles. The summed E-state index contributed by atoms with van der Waals surface area (Å²) in [6.07, 6.45) is 10.3. The van der Waals surface area contributed by atoms with Crippen LogP contribution < -0.4 is 4.89 Å². The maximum atomic E-state index is 8.34. The van der Waals surface area contributed by atoms with Crippen molar-refractivity contribution in [2.24, 2.45) is 0 Å². The van der Waals surface area contributed by atoms with Gasteiger partial charge in [0.25, 0.3) is 0 Å². The van der Waals surface area contributed by atoms with Crippen LogP contribution in [-0.4, -0.2) is 5.26 Å². The first-order valence-electron chi connectivity index (χ1n) is 3.20. The van der Waals surface area contributed by atoms with Gasteiger partial charge in [-0.1, -0.05) is 11.8 Å². The third-order valence-electron chi connectivity index (χ3n) is 1.35. The van der Waals surface area contributed by atoms with E-state index in [2.05, 4.69) is 16.7 Å². The van der Waals surface area contributed by atoms with Crippen LogP contribution in [0.4, 0.5) is 0 Å². The van der Waals surface area contributed by atoms with Gasteiger partial charge in [-0.05, 0) is 18.2 Å². The minimum Gasteiger partial charge on any atom is -0.340 e. The van der Waals surface area contributed by atoms with Crippen LogP contribution in [0.3, 0.4) is 0 Å². The zero-order valence-corrected chi connectivity index (χ0v) is 6.24. The molecule has 2 heteroatoms. The van der Waals surface area contributed by atoms with E-state index >= 15 is 0 Å². The minimum absolute atomic E-state index is 0.249. The molecule has 1 aromatic rings. The fourth-order valence-corrected chi connectivity index (χ4v) is 0.818. The zero-order chi connectivity index (χ0) is 8.97. The highest BCUT2D eigenvalue weighted by molar-refractivity contribution is 5.47. The van der Waals surface area contributed by atoms with Crippen LogP contribution in [0.15, 0.2) is 18.2 Å². The molecule has 0 aliphatic heterocycles. The van der Waals surface area contributed by atoms with E-state index in [1.165, 1.54) is 12.1 Å². The van der Waals surface area contributed by atoms with E-state index in [1.807, 2.05) is 0 Å². The molecule has 0 saturated heterocycles. The lowest BCUT2D eigenvalue weighted by molar-refractivity contribution is -0.137. The highest BCUT2D eigenvalue weighted by Crippen LogP contribution is 2.15. The van der Waals surface area contributed by atoms with Crippen molar-refractivity contribution < 1.29 is 10.1 Å². The predicted octanol–water partition coefficient (Wildman–Crippen LogP) is 1.50. The summed E-state index contributed by atoms with van der Waals surface area (Å²) in [5.41, 5.74) is 1.16. The summed E-state index contributed by atoms with van der Waals surface area (Å²) >= 11 is 0. The number of rotatable bonds is 1. The van der Waals surface area contributed by atoms with E-state index in [4.69, 9.17) is 18.1 Å². The second-order valence-electron chi connectivity index (χ2n) is 2.13. The third kappa shape index (κ3) is 1.58. The molecule has 0 atom stereocenters. The Balaban J connectivity index is 3.24. The summed E-state index contributed by atoms with van der Waals surface area (Å²) in [7, 11) is 0. The van der Waals surface area contributed by atoms with Crippen molar-refractivity contribution >= 4 is 0 Å². The topological polar surface area (TPSA) is 29.5 Å². The lowest BCUT2D eigenvalue weighted by atomic mass is 10.1. The van der Waals surface area contributed by atoms with Crippen molar-refractivity contribution in [3.05, 3.63) is 29.3 Å². The molecule has 1 rings (SSSR count). The van der Waals surface area contributed by atoms with Gasteiger partial charge in [-0.2, -0.15) is 0 Å². The van der Waals surface area contributed by atoms with E-state index in [0.717, 1.165) is 0 Å². The summed E-state index contributed by atoms with van der Waals surface area (Å²) in [4.78, 5) is 4.01. The number of hydrogen-bond donors (Lipinski definition) is 1. The quantitative estimate of drug-likeness (QED) is 0.381. The fourth-order valence-electron chi connectivity index (χ4n) is 0.818. The molecule has 0 aliphatic carbocycles. The molecular weight excluding hydrogens is 152 g/mol. The fraction of sp³-hybridized carbons (Fsp3) is 0. The van der Waals surface area contributed by atoms with Crippen molar-refractivity contribution in [3.8, 4) is 30.4 Å². The Bertz CT molecular complexity index is 334. The van der Waals surface area contributed by atoms with Gasteiger partial charge in [-0.15, -0.1) is 12.8 Å². The van der Waals surface area contributed by atoms with Crippen LogP contribution in [0.2, 0.25) is 0 Å². The summed E-state index contributed by atoms with van der Waals surface area (Å²) < 4.78 is 0. The van der Waals surface area contributed by atoms with Crippen molar-refractivity contribution in [2.75, 3.05) is 0 Å². The SMILES string of the molecule is C#Cc1cc(C#C)cc(OO)c1. The maximum Gasteiger partial charge on any atom is 0.167 e. The molecule has 1 aromatic carbocycles. The summed E-state index contributed by atoms with van der Waals surface area (Å²) in [6.45, 7) is 0. The average Bonchev–Trinajstić information content (AvgIpc) is 2.16. The lowest BCUT2D eigenvalue weighted by Crippen LogP contribution is -1.86. The van der Waals surface area contributed by atoms with Crippen molar-refractivity contribution in [1.29, 1.82) is 0 Å². The highest BCUT2D eigenvalue weighted by atomic mass is 17.1. The smallest absolute Gasteiger partial charge is 0.167 e. The molecule has 0 spiro atoms. The molecule has 0 unspecified atom stereocenters.